The van der Waals surface area contributed by atoms with E-state index in [1.807, 2.05) is 84.9 Å². The summed E-state index contributed by atoms with van der Waals surface area (Å²) < 4.78 is 5.89. The Morgan fingerprint density at radius 2 is 1.26 bits per heavy atom. The number of benzene rings is 3. The van der Waals surface area contributed by atoms with E-state index >= 15 is 0 Å². The van der Waals surface area contributed by atoms with Gasteiger partial charge in [-0.1, -0.05) is 24.3 Å². The van der Waals surface area contributed by atoms with E-state index in [1.165, 1.54) is 0 Å². The minimum absolute atomic E-state index is 0. The number of aromatic nitrogens is 4. The molecular weight excluding hydrogens is 844 g/mol. The second kappa shape index (κ2) is 18.4. The average Bonchev–Trinajstić information content (AvgIpc) is 3.01. The van der Waals surface area contributed by atoms with Gasteiger partial charge in [-0.25, -0.2) is 17.7 Å². The number of ether oxygens (including phenoxy) is 1. The topological polar surface area (TPSA) is 60.8 Å². The van der Waals surface area contributed by atoms with Gasteiger partial charge in [0.05, 0.1) is 0 Å². The molecule has 39 heavy (non-hydrogen) atoms. The van der Waals surface area contributed by atoms with Gasteiger partial charge in [-0.15, -0.1) is 23.8 Å². The van der Waals surface area contributed by atoms with Gasteiger partial charge < -0.3 is 19.7 Å². The summed E-state index contributed by atoms with van der Waals surface area (Å²) in [4.78, 5) is 16.5. The molecule has 5 nitrogen and oxygen atoms in total. The molecule has 0 bridgehead atoms. The maximum Gasteiger partial charge on any atom is 2.00 e. The molecule has 1 radical (unpaired) electrons. The number of hydrogen-bond donors (Lipinski definition) is 0. The van der Waals surface area contributed by atoms with Crippen molar-refractivity contribution in [3.8, 4) is 34.1 Å². The van der Waals surface area contributed by atoms with Gasteiger partial charge in [0.15, 0.2) is 0 Å². The normalized spacial score (nSPS) is 9.13. The zero-order valence-corrected chi connectivity index (χ0v) is 25.2. The first-order valence-electron chi connectivity index (χ1n) is 11.5. The number of hydrogen-bond acceptors (Lipinski definition) is 5. The van der Waals surface area contributed by atoms with Crippen molar-refractivity contribution in [2.45, 2.75) is 0 Å². The molecule has 0 spiro atoms. The monoisotopic (exact) mass is 866 g/mol. The van der Waals surface area contributed by atoms with Gasteiger partial charge in [-0.3, -0.25) is 11.1 Å². The smallest absolute Gasteiger partial charge is 0.515 e. The Balaban J connectivity index is 0.000000315. The van der Waals surface area contributed by atoms with Crippen LogP contribution in [-0.2, 0) is 41.2 Å². The molecule has 0 saturated carbocycles. The Labute approximate surface area is 257 Å². The maximum atomic E-state index is 5.89. The Hall–Kier alpha value is -3.82. The van der Waals surface area contributed by atoms with E-state index < -0.39 is 0 Å². The zero-order chi connectivity index (χ0) is 25.4. The Morgan fingerprint density at radius 3 is 1.85 bits per heavy atom. The summed E-state index contributed by atoms with van der Waals surface area (Å²) in [6.45, 7) is 0. The largest absolute Gasteiger partial charge is 2.00 e. The van der Waals surface area contributed by atoms with Crippen LogP contribution in [0.25, 0.3) is 22.6 Å². The molecule has 0 amide bonds. The van der Waals surface area contributed by atoms with Gasteiger partial charge in [0.25, 0.3) is 0 Å². The van der Waals surface area contributed by atoms with Crippen molar-refractivity contribution in [2.75, 3.05) is 0 Å². The van der Waals surface area contributed by atoms with Crippen LogP contribution in [-0.4, -0.2) is 19.9 Å². The first kappa shape index (κ1) is 31.4. The molecule has 3 aromatic carbocycles. The van der Waals surface area contributed by atoms with E-state index in [0.29, 0.717) is 22.9 Å². The quantitative estimate of drug-likeness (QED) is 0.180. The fourth-order valence-electron chi connectivity index (χ4n) is 2.96. The third kappa shape index (κ3) is 11.2. The minimum Gasteiger partial charge on any atom is -0.515 e. The van der Waals surface area contributed by atoms with E-state index in [-0.39, 0.29) is 41.2 Å². The summed E-state index contributed by atoms with van der Waals surface area (Å²) in [5, 5.41) is 0. The van der Waals surface area contributed by atoms with Crippen LogP contribution in [0.3, 0.4) is 0 Å². The number of pyridine rings is 2. The summed E-state index contributed by atoms with van der Waals surface area (Å²) in [6, 6.07) is 44.4. The molecule has 0 atom stereocenters. The van der Waals surface area contributed by atoms with Crippen LogP contribution in [0.4, 0.5) is 0 Å². The van der Waals surface area contributed by atoms with Gasteiger partial charge in [0.1, 0.15) is 0 Å². The molecule has 3 aromatic heterocycles. The van der Waals surface area contributed by atoms with Crippen molar-refractivity contribution < 1.29 is 45.9 Å². The number of rotatable bonds is 4. The van der Waals surface area contributed by atoms with Crippen LogP contribution in [0.5, 0.6) is 11.5 Å². The zero-order valence-electron chi connectivity index (χ0n) is 20.5. The maximum absolute atomic E-state index is 5.89. The Morgan fingerprint density at radius 1 is 0.564 bits per heavy atom. The molecule has 6 aromatic rings. The van der Waals surface area contributed by atoms with Gasteiger partial charge in [-0.05, 0) is 41.5 Å². The van der Waals surface area contributed by atoms with E-state index in [1.54, 1.807) is 49.2 Å². The third-order valence-electron chi connectivity index (χ3n) is 4.60. The van der Waals surface area contributed by atoms with Crippen LogP contribution in [0.1, 0.15) is 0 Å². The van der Waals surface area contributed by atoms with Crippen molar-refractivity contribution in [1.29, 1.82) is 0 Å². The van der Waals surface area contributed by atoms with E-state index in [9.17, 15) is 0 Å². The Bertz CT molecular complexity index is 1280. The molecule has 0 N–H and O–H groups in total. The molecule has 6 rings (SSSR count). The third-order valence-corrected chi connectivity index (χ3v) is 4.60. The fraction of sp³-hybridized carbons (Fsp3) is 0. The second-order valence-corrected chi connectivity index (χ2v) is 7.26. The minimum atomic E-state index is 0. The van der Waals surface area contributed by atoms with Crippen LogP contribution < -0.4 is 4.74 Å². The molecule has 0 aliphatic heterocycles. The van der Waals surface area contributed by atoms with Crippen LogP contribution in [0.15, 0.2) is 134 Å². The predicted molar refractivity (Wildman–Crippen MR) is 143 cm³/mol. The van der Waals surface area contributed by atoms with E-state index in [0.717, 1.165) is 11.3 Å². The molecule has 197 valence electrons. The fourth-order valence-corrected chi connectivity index (χ4v) is 2.96. The van der Waals surface area contributed by atoms with Gasteiger partial charge in [-0.2, -0.15) is 42.5 Å². The molecular formula is C32H22IrN4OPt-2. The van der Waals surface area contributed by atoms with Gasteiger partial charge in [0.2, 0.25) is 0 Å². The molecule has 0 unspecified atom stereocenters. The van der Waals surface area contributed by atoms with Crippen molar-refractivity contribution >= 4 is 0 Å². The molecule has 0 aliphatic carbocycles. The first-order chi connectivity index (χ1) is 18.4. The summed E-state index contributed by atoms with van der Waals surface area (Å²) in [6.07, 6.45) is 8.62. The van der Waals surface area contributed by atoms with Crippen molar-refractivity contribution in [3.05, 3.63) is 158 Å². The summed E-state index contributed by atoms with van der Waals surface area (Å²) in [7, 11) is 0. The van der Waals surface area contributed by atoms with Crippen LogP contribution >= 0.6 is 0 Å². The molecule has 7 heteroatoms. The van der Waals surface area contributed by atoms with Gasteiger partial charge in [0, 0.05) is 56.8 Å². The van der Waals surface area contributed by atoms with Crippen LogP contribution in [0, 0.1) is 24.3 Å². The SMILES string of the molecule is [Ir].[Pt+2].[c-]1ccc(Oc2[c-]c(-c3ccccn3)ccc2)[c-]c1-c1ncccn1.[c-]1ccccc1.c1ccncc1. The van der Waals surface area contributed by atoms with Crippen molar-refractivity contribution in [1.82, 2.24) is 19.9 Å². The predicted octanol–water partition coefficient (Wildman–Crippen LogP) is 6.96. The summed E-state index contributed by atoms with van der Waals surface area (Å²) in [5.74, 6) is 1.69. The number of nitrogens with zero attached hydrogens (tertiary/aromatic N) is 4. The second-order valence-electron chi connectivity index (χ2n) is 7.26. The standard InChI is InChI=1S/C21H12N3O.C6H5.C5H5N.Ir.Pt/c1-2-11-22-20(10-1)16-6-3-8-18(14-16)25-19-9-4-7-17(15-19)21-23-12-5-13-24-21;2*1-2-4-6-5-3-1;;/h1-6,8-13H;2*1-5H;;/q-3;-1;;;+2. The molecule has 0 aliphatic rings. The van der Waals surface area contributed by atoms with Gasteiger partial charge >= 0.3 is 21.1 Å². The van der Waals surface area contributed by atoms with Crippen LogP contribution in [0.2, 0.25) is 0 Å². The summed E-state index contributed by atoms with van der Waals surface area (Å²) in [5.41, 5.74) is 2.36. The van der Waals surface area contributed by atoms with Crippen molar-refractivity contribution in [3.63, 3.8) is 0 Å². The first-order valence-corrected chi connectivity index (χ1v) is 11.5. The average molecular weight is 866 g/mol. The molecule has 3 heterocycles. The van der Waals surface area contributed by atoms with E-state index in [2.05, 4.69) is 44.2 Å². The molecule has 0 saturated heterocycles. The summed E-state index contributed by atoms with van der Waals surface area (Å²) >= 11 is 0. The molecule has 0 fully saturated rings. The van der Waals surface area contributed by atoms with Crippen molar-refractivity contribution in [2.24, 2.45) is 0 Å². The Kier molecular flexibility index (Phi) is 14.8. The van der Waals surface area contributed by atoms with E-state index in [4.69, 9.17) is 4.74 Å².